The van der Waals surface area contributed by atoms with Crippen molar-refractivity contribution in [3.63, 3.8) is 0 Å². The van der Waals surface area contributed by atoms with Crippen LogP contribution in [-0.4, -0.2) is 35.8 Å². The molecule has 0 spiro atoms. The summed E-state index contributed by atoms with van der Waals surface area (Å²) in [6.45, 7) is 7.13. The Labute approximate surface area is 147 Å². The molecule has 0 aliphatic carbocycles. The molecule has 1 aliphatic rings. The van der Waals surface area contributed by atoms with Crippen molar-refractivity contribution in [2.45, 2.75) is 63.8 Å². The Balaban J connectivity index is 0.000000196. The van der Waals surface area contributed by atoms with E-state index in [2.05, 4.69) is 55.3 Å². The van der Waals surface area contributed by atoms with Crippen LogP contribution in [-0.2, 0) is 23.3 Å². The van der Waals surface area contributed by atoms with Crippen LogP contribution < -0.4 is 14.9 Å². The maximum Gasteiger partial charge on any atom is 0.337 e. The van der Waals surface area contributed by atoms with E-state index in [1.165, 1.54) is 39.2 Å². The molecule has 10 heteroatoms. The summed E-state index contributed by atoms with van der Waals surface area (Å²) in [5.74, 6) is 0.135. The molecule has 2 aromatic heterocycles. The van der Waals surface area contributed by atoms with Crippen molar-refractivity contribution in [1.29, 1.82) is 0 Å². The van der Waals surface area contributed by atoms with Gasteiger partial charge in [0.05, 0.1) is 6.54 Å². The summed E-state index contributed by atoms with van der Waals surface area (Å²) in [6, 6.07) is 0.692. The van der Waals surface area contributed by atoms with Gasteiger partial charge in [-0.3, -0.25) is 0 Å². The number of hydrogen-bond donors (Lipinski definition) is 1. The number of hydrogen-bond acceptors (Lipinski definition) is 5. The van der Waals surface area contributed by atoms with Crippen molar-refractivity contribution in [2.24, 2.45) is 0 Å². The number of halogens is 1. The Morgan fingerprint density at radius 2 is 2.28 bits per heavy atom. The topological polar surface area (TPSA) is 94.9 Å². The fourth-order valence-electron chi connectivity index (χ4n) is 2.59. The largest absolute Gasteiger partial charge is 0.353 e. The van der Waals surface area contributed by atoms with Gasteiger partial charge >= 0.3 is 10.2 Å². The lowest BCUT2D eigenvalue weighted by atomic mass is 10.2. The van der Waals surface area contributed by atoms with E-state index in [0.29, 0.717) is 6.04 Å². The average molecular weight is 372 g/mol. The highest BCUT2D eigenvalue weighted by Gasteiger charge is 2.17. The zero-order valence-corrected chi connectivity index (χ0v) is 15.4. The van der Waals surface area contributed by atoms with Crippen LogP contribution in [0.4, 0.5) is 3.89 Å². The van der Waals surface area contributed by atoms with Gasteiger partial charge in [-0.15, -0.1) is 0 Å². The van der Waals surface area contributed by atoms with E-state index in [-0.39, 0.29) is 5.82 Å². The Morgan fingerprint density at radius 3 is 2.80 bits per heavy atom. The fourth-order valence-corrected chi connectivity index (χ4v) is 2.97. The standard InChI is InChI=1S/C12H22N3.C3H3FN3O2S/c1-2-3-7-14-8-9-15(11-14)10-12-5-4-6-13-12;1-2-5-3(7-6-2)10(4,8)9/h8-9,11-13H,2-7,10H2,1H3;1H3/q+1;-1/t12-;/m0./s1. The van der Waals surface area contributed by atoms with E-state index in [1.54, 1.807) is 0 Å². The van der Waals surface area contributed by atoms with Crippen LogP contribution in [0.3, 0.4) is 0 Å². The Morgan fingerprint density at radius 1 is 1.48 bits per heavy atom. The highest BCUT2D eigenvalue weighted by Crippen LogP contribution is 2.04. The number of unbranched alkanes of at least 4 members (excludes halogenated alkanes) is 1. The lowest BCUT2D eigenvalue weighted by Gasteiger charge is -2.05. The minimum Gasteiger partial charge on any atom is -0.353 e. The summed E-state index contributed by atoms with van der Waals surface area (Å²) >= 11 is 0. The van der Waals surface area contributed by atoms with E-state index in [4.69, 9.17) is 0 Å². The molecule has 2 aromatic rings. The normalized spacial score (nSPS) is 17.3. The van der Waals surface area contributed by atoms with E-state index >= 15 is 0 Å². The smallest absolute Gasteiger partial charge is 0.337 e. The molecule has 0 aromatic carbocycles. The molecule has 140 valence electrons. The van der Waals surface area contributed by atoms with E-state index in [0.717, 1.165) is 13.1 Å². The second kappa shape index (κ2) is 9.04. The molecule has 0 bridgehead atoms. The Hall–Kier alpha value is -1.81. The minimum absolute atomic E-state index is 0.135. The first-order valence-corrected chi connectivity index (χ1v) is 9.83. The molecule has 25 heavy (non-hydrogen) atoms. The third-order valence-electron chi connectivity index (χ3n) is 3.87. The quantitative estimate of drug-likeness (QED) is 0.593. The molecule has 1 saturated heterocycles. The maximum atomic E-state index is 11.9. The first-order chi connectivity index (χ1) is 11.9. The van der Waals surface area contributed by atoms with Crippen molar-refractivity contribution in [2.75, 3.05) is 6.54 Å². The zero-order valence-electron chi connectivity index (χ0n) is 14.6. The van der Waals surface area contributed by atoms with Gasteiger partial charge < -0.3 is 20.5 Å². The van der Waals surface area contributed by atoms with Crippen molar-refractivity contribution in [3.05, 3.63) is 24.5 Å². The molecule has 3 heterocycles. The molecule has 1 aliphatic heterocycles. The van der Waals surface area contributed by atoms with Crippen LogP contribution in [0.1, 0.15) is 38.4 Å². The molecule has 1 atom stereocenters. The molecular formula is C15H25FN6O2S. The number of nitrogens with one attached hydrogen (secondary N) is 1. The van der Waals surface area contributed by atoms with Gasteiger partial charge in [0.25, 0.3) is 0 Å². The molecule has 8 nitrogen and oxygen atoms in total. The predicted octanol–water partition coefficient (Wildman–Crippen LogP) is 0.728. The third-order valence-corrected chi connectivity index (χ3v) is 4.47. The van der Waals surface area contributed by atoms with Crippen LogP contribution in [0.5, 0.6) is 0 Å². The van der Waals surface area contributed by atoms with Gasteiger partial charge in [0, 0.05) is 6.04 Å². The van der Waals surface area contributed by atoms with Crippen LogP contribution >= 0.6 is 0 Å². The Kier molecular flexibility index (Phi) is 7.06. The second-order valence-electron chi connectivity index (χ2n) is 6.07. The highest BCUT2D eigenvalue weighted by molar-refractivity contribution is 7.86. The van der Waals surface area contributed by atoms with E-state index < -0.39 is 15.4 Å². The van der Waals surface area contributed by atoms with Crippen LogP contribution in [0.25, 0.3) is 0 Å². The van der Waals surface area contributed by atoms with Crippen molar-refractivity contribution < 1.29 is 16.9 Å². The monoisotopic (exact) mass is 372 g/mol. The number of aryl methyl sites for hydroxylation is 2. The van der Waals surface area contributed by atoms with Crippen LogP contribution in [0.15, 0.2) is 23.9 Å². The predicted molar refractivity (Wildman–Crippen MR) is 88.9 cm³/mol. The molecule has 1 fully saturated rings. The molecule has 3 rings (SSSR count). The number of imidazole rings is 1. The second-order valence-corrected chi connectivity index (χ2v) is 7.32. The van der Waals surface area contributed by atoms with Gasteiger partial charge in [0.15, 0.2) is 0 Å². The van der Waals surface area contributed by atoms with Gasteiger partial charge in [-0.1, -0.05) is 17.2 Å². The summed E-state index contributed by atoms with van der Waals surface area (Å²) in [7, 11) is -4.77. The third kappa shape index (κ3) is 6.54. The summed E-state index contributed by atoms with van der Waals surface area (Å²) in [6.07, 6.45) is 11.8. The SMILES string of the molecule is CCCCn1cc[n+](C[C@@H]2CCCN2)c1.Cc1nnc(S(=O)(=O)F)[n-]1. The average Bonchev–Trinajstić information content (AvgIpc) is 3.28. The molecular weight excluding hydrogens is 347 g/mol. The maximum absolute atomic E-state index is 11.9. The number of nitrogens with zero attached hydrogens (tertiary/aromatic N) is 5. The van der Waals surface area contributed by atoms with Gasteiger partial charge in [0.1, 0.15) is 24.1 Å². The van der Waals surface area contributed by atoms with E-state index in [1.807, 2.05) is 0 Å². The summed E-state index contributed by atoms with van der Waals surface area (Å²) in [5.41, 5.74) is 0. The molecule has 0 unspecified atom stereocenters. The van der Waals surface area contributed by atoms with Crippen LogP contribution in [0.2, 0.25) is 0 Å². The molecule has 0 amide bonds. The highest BCUT2D eigenvalue weighted by atomic mass is 32.3. The number of rotatable bonds is 6. The van der Waals surface area contributed by atoms with Crippen molar-refractivity contribution >= 4 is 10.2 Å². The molecule has 0 radical (unpaired) electrons. The van der Waals surface area contributed by atoms with Gasteiger partial charge in [-0.2, -0.15) is 8.42 Å². The van der Waals surface area contributed by atoms with Crippen molar-refractivity contribution in [3.8, 4) is 0 Å². The fraction of sp³-hybridized carbons (Fsp3) is 0.667. The first-order valence-electron chi connectivity index (χ1n) is 8.45. The minimum atomic E-state index is -4.77. The molecule has 0 saturated carbocycles. The summed E-state index contributed by atoms with van der Waals surface area (Å²) in [4.78, 5) is 3.20. The zero-order chi connectivity index (χ0) is 18.3. The van der Waals surface area contributed by atoms with Crippen molar-refractivity contribution in [1.82, 2.24) is 25.1 Å². The Bertz CT molecular complexity index is 752. The first kappa shape index (κ1) is 19.5. The number of aromatic nitrogens is 5. The van der Waals surface area contributed by atoms with Gasteiger partial charge in [-0.05, 0) is 38.6 Å². The van der Waals surface area contributed by atoms with E-state index in [9.17, 15) is 12.3 Å². The lowest BCUT2D eigenvalue weighted by Crippen LogP contribution is -2.41. The van der Waals surface area contributed by atoms with Crippen LogP contribution in [0, 0.1) is 6.92 Å². The van der Waals surface area contributed by atoms with Gasteiger partial charge in [-0.25, -0.2) is 9.13 Å². The lowest BCUT2D eigenvalue weighted by molar-refractivity contribution is -0.698. The summed E-state index contributed by atoms with van der Waals surface area (Å²) in [5, 5.41) is 8.82. The summed E-state index contributed by atoms with van der Waals surface area (Å²) < 4.78 is 36.6. The molecule has 1 N–H and O–H groups in total. The van der Waals surface area contributed by atoms with Gasteiger partial charge in [0.2, 0.25) is 6.33 Å².